The summed E-state index contributed by atoms with van der Waals surface area (Å²) in [7, 11) is 0. The maximum atomic E-state index is 8.33. The molecule has 1 aliphatic rings. The van der Waals surface area contributed by atoms with Crippen LogP contribution in [0.3, 0.4) is 0 Å². The molecule has 2 heterocycles. The fraction of sp³-hybridized carbons (Fsp3) is 0.364. The van der Waals surface area contributed by atoms with Gasteiger partial charge in [0.15, 0.2) is 6.29 Å². The van der Waals surface area contributed by atoms with Crippen molar-refractivity contribution in [2.24, 2.45) is 0 Å². The number of hydrogen-bond acceptors (Lipinski definition) is 4. The van der Waals surface area contributed by atoms with Gasteiger partial charge in [-0.25, -0.2) is 0 Å². The van der Waals surface area contributed by atoms with Crippen LogP contribution in [0, 0.1) is 23.2 Å². The number of rotatable bonds is 1. The monoisotopic (exact) mass is 219 g/mol. The molecular formula is C11H9NO2S. The van der Waals surface area contributed by atoms with E-state index in [1.54, 1.807) is 11.3 Å². The molecule has 0 amide bonds. The molecule has 0 saturated carbocycles. The number of nitrogens with zero attached hydrogens (tertiary/aromatic N) is 1. The summed E-state index contributed by atoms with van der Waals surface area (Å²) in [5.74, 6) is 5.69. The van der Waals surface area contributed by atoms with Gasteiger partial charge in [0.05, 0.1) is 30.6 Å². The third-order valence-electron chi connectivity index (χ3n) is 1.87. The van der Waals surface area contributed by atoms with Crippen LogP contribution in [0.1, 0.15) is 23.2 Å². The van der Waals surface area contributed by atoms with Crippen molar-refractivity contribution in [3.63, 3.8) is 0 Å². The number of thiophene rings is 1. The van der Waals surface area contributed by atoms with Crippen LogP contribution in [0.4, 0.5) is 0 Å². The zero-order valence-corrected chi connectivity index (χ0v) is 8.84. The summed E-state index contributed by atoms with van der Waals surface area (Å²) in [6.07, 6.45) is 0.0447. The fourth-order valence-corrected chi connectivity index (χ4v) is 2.08. The predicted octanol–water partition coefficient (Wildman–Crippen LogP) is 2.06. The molecule has 1 aromatic heterocycles. The van der Waals surface area contributed by atoms with Gasteiger partial charge in [-0.1, -0.05) is 11.8 Å². The van der Waals surface area contributed by atoms with Gasteiger partial charge in [0.25, 0.3) is 0 Å². The maximum absolute atomic E-state index is 8.33. The lowest BCUT2D eigenvalue weighted by atomic mass is 10.3. The van der Waals surface area contributed by atoms with Crippen LogP contribution in [0.25, 0.3) is 0 Å². The Morgan fingerprint density at radius 1 is 1.47 bits per heavy atom. The Bertz CT molecular complexity index is 429. The lowest BCUT2D eigenvalue weighted by Gasteiger charge is -2.03. The molecule has 1 saturated heterocycles. The average molecular weight is 219 g/mol. The maximum Gasteiger partial charge on any atom is 0.193 e. The molecule has 1 aliphatic heterocycles. The van der Waals surface area contributed by atoms with E-state index in [0.29, 0.717) is 13.2 Å². The van der Waals surface area contributed by atoms with Crippen molar-refractivity contribution < 1.29 is 9.47 Å². The largest absolute Gasteiger partial charge is 0.345 e. The second kappa shape index (κ2) is 4.95. The van der Waals surface area contributed by atoms with Gasteiger partial charge in [-0.3, -0.25) is 0 Å². The second-order valence-corrected chi connectivity index (χ2v) is 3.89. The van der Waals surface area contributed by atoms with E-state index in [9.17, 15) is 0 Å². The Balaban J connectivity index is 2.04. The van der Waals surface area contributed by atoms with Gasteiger partial charge < -0.3 is 9.47 Å². The first-order valence-corrected chi connectivity index (χ1v) is 5.45. The zero-order chi connectivity index (χ0) is 10.5. The van der Waals surface area contributed by atoms with E-state index >= 15 is 0 Å². The molecule has 4 heteroatoms. The summed E-state index contributed by atoms with van der Waals surface area (Å²) in [5.41, 5.74) is 0.921. The minimum Gasteiger partial charge on any atom is -0.345 e. The van der Waals surface area contributed by atoms with Gasteiger partial charge in [-0.2, -0.15) is 5.26 Å². The first kappa shape index (κ1) is 10.2. The zero-order valence-electron chi connectivity index (χ0n) is 8.03. The molecule has 2 rings (SSSR count). The highest BCUT2D eigenvalue weighted by atomic mass is 32.1. The van der Waals surface area contributed by atoms with Crippen molar-refractivity contribution >= 4 is 11.3 Å². The second-order valence-electron chi connectivity index (χ2n) is 2.95. The Hall–Kier alpha value is -1.33. The molecule has 0 bridgehead atoms. The standard InChI is InChI=1S/C11H9NO2S/c12-4-2-1-3-9-7-10(15-8-9)11-13-5-6-14-11/h7-8,11H,2,5-6H2. The molecule has 1 fully saturated rings. The van der Waals surface area contributed by atoms with Gasteiger partial charge in [0, 0.05) is 10.9 Å². The molecule has 3 nitrogen and oxygen atoms in total. The van der Waals surface area contributed by atoms with Crippen LogP contribution in [0.2, 0.25) is 0 Å². The number of nitriles is 1. The Morgan fingerprint density at radius 3 is 3.00 bits per heavy atom. The lowest BCUT2D eigenvalue weighted by molar-refractivity contribution is -0.0413. The van der Waals surface area contributed by atoms with Gasteiger partial charge >= 0.3 is 0 Å². The molecule has 0 N–H and O–H groups in total. The van der Waals surface area contributed by atoms with E-state index in [2.05, 4.69) is 11.8 Å². The average Bonchev–Trinajstić information content (AvgIpc) is 2.87. The van der Waals surface area contributed by atoms with Crippen LogP contribution < -0.4 is 0 Å². The van der Waals surface area contributed by atoms with Crippen LogP contribution in [0.5, 0.6) is 0 Å². The molecule has 76 valence electrons. The molecule has 0 unspecified atom stereocenters. The minimum atomic E-state index is -0.221. The third kappa shape index (κ3) is 2.57. The molecule has 0 radical (unpaired) electrons. The summed E-state index contributed by atoms with van der Waals surface area (Å²) >= 11 is 1.57. The Morgan fingerprint density at radius 2 is 2.27 bits per heavy atom. The van der Waals surface area contributed by atoms with Crippen LogP contribution in [-0.2, 0) is 9.47 Å². The highest BCUT2D eigenvalue weighted by Gasteiger charge is 2.19. The molecule has 0 aliphatic carbocycles. The van der Waals surface area contributed by atoms with E-state index in [-0.39, 0.29) is 12.7 Å². The van der Waals surface area contributed by atoms with Gasteiger partial charge in [0.2, 0.25) is 0 Å². The van der Waals surface area contributed by atoms with Crippen LogP contribution >= 0.6 is 11.3 Å². The summed E-state index contributed by atoms with van der Waals surface area (Å²) in [4.78, 5) is 1.04. The topological polar surface area (TPSA) is 42.2 Å². The van der Waals surface area contributed by atoms with Crippen molar-refractivity contribution in [3.05, 3.63) is 21.9 Å². The quantitative estimate of drug-likeness (QED) is 0.679. The number of hydrogen-bond donors (Lipinski definition) is 0. The van der Waals surface area contributed by atoms with Crippen molar-refractivity contribution in [3.8, 4) is 17.9 Å². The van der Waals surface area contributed by atoms with E-state index in [1.165, 1.54) is 0 Å². The molecule has 15 heavy (non-hydrogen) atoms. The third-order valence-corrected chi connectivity index (χ3v) is 2.83. The summed E-state index contributed by atoms with van der Waals surface area (Å²) in [6, 6.07) is 3.93. The first-order chi connectivity index (χ1) is 7.40. The van der Waals surface area contributed by atoms with E-state index in [0.717, 1.165) is 10.4 Å². The van der Waals surface area contributed by atoms with Crippen molar-refractivity contribution in [2.45, 2.75) is 12.7 Å². The van der Waals surface area contributed by atoms with Gasteiger partial charge in [-0.05, 0) is 6.07 Å². The van der Waals surface area contributed by atoms with Crippen molar-refractivity contribution in [1.82, 2.24) is 0 Å². The molecular weight excluding hydrogens is 210 g/mol. The fourth-order valence-electron chi connectivity index (χ4n) is 1.25. The summed E-state index contributed by atoms with van der Waals surface area (Å²) in [5, 5.41) is 10.3. The summed E-state index contributed by atoms with van der Waals surface area (Å²) in [6.45, 7) is 1.30. The van der Waals surface area contributed by atoms with Crippen molar-refractivity contribution in [1.29, 1.82) is 5.26 Å². The normalized spacial score (nSPS) is 15.7. The highest BCUT2D eigenvalue weighted by Crippen LogP contribution is 2.28. The SMILES string of the molecule is N#CCC#Cc1csc(C2OCCO2)c1. The molecule has 0 atom stereocenters. The Labute approximate surface area is 92.2 Å². The molecule has 0 spiro atoms. The first-order valence-electron chi connectivity index (χ1n) is 4.57. The van der Waals surface area contributed by atoms with E-state index in [1.807, 2.05) is 17.5 Å². The molecule has 0 aromatic carbocycles. The van der Waals surface area contributed by atoms with Gasteiger partial charge in [0.1, 0.15) is 0 Å². The summed E-state index contributed by atoms with van der Waals surface area (Å²) < 4.78 is 10.7. The van der Waals surface area contributed by atoms with Gasteiger partial charge in [-0.15, -0.1) is 11.3 Å². The lowest BCUT2D eigenvalue weighted by Crippen LogP contribution is -1.93. The van der Waals surface area contributed by atoms with Crippen molar-refractivity contribution in [2.75, 3.05) is 13.2 Å². The highest BCUT2D eigenvalue weighted by molar-refractivity contribution is 7.10. The number of ether oxygens (including phenoxy) is 2. The van der Waals surface area contributed by atoms with E-state index < -0.39 is 0 Å². The predicted molar refractivity (Wildman–Crippen MR) is 56.1 cm³/mol. The smallest absolute Gasteiger partial charge is 0.193 e. The minimum absolute atomic E-state index is 0.221. The Kier molecular flexibility index (Phi) is 3.37. The molecule has 1 aromatic rings. The van der Waals surface area contributed by atoms with Crippen LogP contribution in [-0.4, -0.2) is 13.2 Å². The van der Waals surface area contributed by atoms with Crippen LogP contribution in [0.15, 0.2) is 11.4 Å². The van der Waals surface area contributed by atoms with E-state index in [4.69, 9.17) is 14.7 Å².